The van der Waals surface area contributed by atoms with E-state index in [0.717, 1.165) is 16.0 Å². The zero-order chi connectivity index (χ0) is 13.8. The lowest BCUT2D eigenvalue weighted by atomic mass is 10.2. The van der Waals surface area contributed by atoms with E-state index in [4.69, 9.17) is 9.47 Å². The van der Waals surface area contributed by atoms with Crippen LogP contribution < -0.4 is 14.4 Å². The van der Waals surface area contributed by atoms with Crippen molar-refractivity contribution in [3.05, 3.63) is 41.0 Å². The number of rotatable bonds is 4. The molecule has 19 heavy (non-hydrogen) atoms. The summed E-state index contributed by atoms with van der Waals surface area (Å²) in [4.78, 5) is 6.34. The number of halogens is 1. The molecular formula is C14H15BrN2O2. The maximum Gasteiger partial charge on any atom is 0.162 e. The summed E-state index contributed by atoms with van der Waals surface area (Å²) in [7, 11) is 5.20. The maximum atomic E-state index is 5.30. The summed E-state index contributed by atoms with van der Waals surface area (Å²) in [6.45, 7) is 0. The highest BCUT2D eigenvalue weighted by atomic mass is 79.9. The van der Waals surface area contributed by atoms with E-state index >= 15 is 0 Å². The van der Waals surface area contributed by atoms with Crippen LogP contribution in [0.4, 0.5) is 11.5 Å². The van der Waals surface area contributed by atoms with E-state index in [-0.39, 0.29) is 0 Å². The number of anilines is 2. The molecule has 0 aliphatic rings. The monoisotopic (exact) mass is 322 g/mol. The van der Waals surface area contributed by atoms with Gasteiger partial charge in [0.05, 0.1) is 14.2 Å². The summed E-state index contributed by atoms with van der Waals surface area (Å²) in [5, 5.41) is 0. The summed E-state index contributed by atoms with van der Waals surface area (Å²) in [5.41, 5.74) is 0.979. The Labute approximate surface area is 121 Å². The number of ether oxygens (including phenoxy) is 2. The van der Waals surface area contributed by atoms with Crippen LogP contribution in [0.3, 0.4) is 0 Å². The number of hydrogen-bond acceptors (Lipinski definition) is 4. The van der Waals surface area contributed by atoms with Gasteiger partial charge in [-0.2, -0.15) is 0 Å². The molecular weight excluding hydrogens is 308 g/mol. The molecule has 0 aliphatic carbocycles. The fraction of sp³-hybridized carbons (Fsp3) is 0.214. The van der Waals surface area contributed by atoms with Crippen LogP contribution in [0, 0.1) is 0 Å². The van der Waals surface area contributed by atoms with Crippen LogP contribution in [-0.2, 0) is 0 Å². The number of benzene rings is 1. The highest BCUT2D eigenvalue weighted by molar-refractivity contribution is 9.10. The molecule has 5 heteroatoms. The van der Waals surface area contributed by atoms with Crippen LogP contribution in [0.25, 0.3) is 0 Å². The van der Waals surface area contributed by atoms with Crippen LogP contribution in [-0.4, -0.2) is 26.3 Å². The third-order valence-corrected chi connectivity index (χ3v) is 3.28. The lowest BCUT2D eigenvalue weighted by Crippen LogP contribution is -2.11. The van der Waals surface area contributed by atoms with Crippen molar-refractivity contribution < 1.29 is 9.47 Å². The van der Waals surface area contributed by atoms with Gasteiger partial charge in [0, 0.05) is 29.5 Å². The first-order valence-electron chi connectivity index (χ1n) is 5.73. The van der Waals surface area contributed by atoms with Crippen LogP contribution in [0.2, 0.25) is 0 Å². The maximum absolute atomic E-state index is 5.30. The van der Waals surface area contributed by atoms with Gasteiger partial charge in [-0.05, 0) is 40.2 Å². The molecule has 0 amide bonds. The third-order valence-electron chi connectivity index (χ3n) is 2.81. The molecule has 0 bridgehead atoms. The Kier molecular flexibility index (Phi) is 4.27. The van der Waals surface area contributed by atoms with Crippen LogP contribution in [0.5, 0.6) is 11.5 Å². The minimum absolute atomic E-state index is 0.698. The Morgan fingerprint density at radius 1 is 1.05 bits per heavy atom. The quantitative estimate of drug-likeness (QED) is 0.861. The number of hydrogen-bond donors (Lipinski definition) is 0. The van der Waals surface area contributed by atoms with Crippen molar-refractivity contribution in [3.8, 4) is 11.5 Å². The van der Waals surface area contributed by atoms with Gasteiger partial charge in [0.2, 0.25) is 0 Å². The summed E-state index contributed by atoms with van der Waals surface area (Å²) in [5.74, 6) is 2.27. The number of aromatic nitrogens is 1. The average Bonchev–Trinajstić information content (AvgIpc) is 2.46. The Balaban J connectivity index is 2.33. The van der Waals surface area contributed by atoms with Crippen molar-refractivity contribution in [2.45, 2.75) is 0 Å². The van der Waals surface area contributed by atoms with Crippen molar-refractivity contribution in [1.29, 1.82) is 0 Å². The van der Waals surface area contributed by atoms with E-state index < -0.39 is 0 Å². The highest BCUT2D eigenvalue weighted by Gasteiger charge is 2.09. The Morgan fingerprint density at radius 2 is 1.79 bits per heavy atom. The molecule has 0 saturated carbocycles. The minimum Gasteiger partial charge on any atom is -0.493 e. The zero-order valence-corrected chi connectivity index (χ0v) is 12.6. The number of methoxy groups -OCH3 is 2. The van der Waals surface area contributed by atoms with Gasteiger partial charge in [-0.1, -0.05) is 0 Å². The van der Waals surface area contributed by atoms with E-state index in [2.05, 4.69) is 20.9 Å². The van der Waals surface area contributed by atoms with Crippen molar-refractivity contribution in [2.24, 2.45) is 0 Å². The standard InChI is InChI=1S/C14H15BrN2O2/c1-17(14-7-4-10(15)9-16-14)11-5-6-12(18-2)13(8-11)19-3/h4-9H,1-3H3. The molecule has 2 aromatic rings. The van der Waals surface area contributed by atoms with Crippen LogP contribution in [0.1, 0.15) is 0 Å². The van der Waals surface area contributed by atoms with E-state index in [0.29, 0.717) is 11.5 Å². The number of pyridine rings is 1. The fourth-order valence-corrected chi connectivity index (χ4v) is 1.97. The van der Waals surface area contributed by atoms with Crippen molar-refractivity contribution in [2.75, 3.05) is 26.2 Å². The van der Waals surface area contributed by atoms with Gasteiger partial charge < -0.3 is 14.4 Å². The Morgan fingerprint density at radius 3 is 2.37 bits per heavy atom. The SMILES string of the molecule is COc1ccc(N(C)c2ccc(Br)cn2)cc1OC. The molecule has 0 N–H and O–H groups in total. The second-order valence-corrected chi connectivity index (χ2v) is 4.85. The van der Waals surface area contributed by atoms with Gasteiger partial charge in [-0.25, -0.2) is 4.98 Å². The van der Waals surface area contributed by atoms with E-state index in [1.165, 1.54) is 0 Å². The summed E-state index contributed by atoms with van der Waals surface area (Å²) < 4.78 is 11.5. The topological polar surface area (TPSA) is 34.6 Å². The van der Waals surface area contributed by atoms with Crippen molar-refractivity contribution >= 4 is 27.4 Å². The average molecular weight is 323 g/mol. The van der Waals surface area contributed by atoms with Gasteiger partial charge >= 0.3 is 0 Å². The molecule has 0 fully saturated rings. The second-order valence-electron chi connectivity index (χ2n) is 3.93. The van der Waals surface area contributed by atoms with E-state index in [9.17, 15) is 0 Å². The molecule has 0 aliphatic heterocycles. The smallest absolute Gasteiger partial charge is 0.162 e. The molecule has 0 spiro atoms. The second kappa shape index (κ2) is 5.93. The van der Waals surface area contributed by atoms with Crippen LogP contribution >= 0.6 is 15.9 Å². The van der Waals surface area contributed by atoms with Gasteiger partial charge in [0.25, 0.3) is 0 Å². The largest absolute Gasteiger partial charge is 0.493 e. The fourth-order valence-electron chi connectivity index (χ4n) is 1.73. The van der Waals surface area contributed by atoms with Crippen molar-refractivity contribution in [1.82, 2.24) is 4.98 Å². The molecule has 0 radical (unpaired) electrons. The first-order chi connectivity index (χ1) is 9.15. The molecule has 1 aromatic heterocycles. The third kappa shape index (κ3) is 2.98. The molecule has 1 aromatic carbocycles. The zero-order valence-electron chi connectivity index (χ0n) is 11.1. The van der Waals surface area contributed by atoms with Gasteiger partial charge in [-0.15, -0.1) is 0 Å². The van der Waals surface area contributed by atoms with Crippen LogP contribution in [0.15, 0.2) is 41.0 Å². The molecule has 0 saturated heterocycles. The molecule has 1 heterocycles. The lowest BCUT2D eigenvalue weighted by molar-refractivity contribution is 0.355. The summed E-state index contributed by atoms with van der Waals surface area (Å²) >= 11 is 3.37. The summed E-state index contributed by atoms with van der Waals surface area (Å²) in [6.07, 6.45) is 1.77. The summed E-state index contributed by atoms with van der Waals surface area (Å²) in [6, 6.07) is 9.66. The van der Waals surface area contributed by atoms with E-state index in [1.54, 1.807) is 20.4 Å². The minimum atomic E-state index is 0.698. The first-order valence-corrected chi connectivity index (χ1v) is 6.52. The van der Waals surface area contributed by atoms with Gasteiger partial charge in [0.15, 0.2) is 11.5 Å². The molecule has 4 nitrogen and oxygen atoms in total. The Bertz CT molecular complexity index is 558. The van der Waals surface area contributed by atoms with Gasteiger partial charge in [-0.3, -0.25) is 0 Å². The molecule has 2 rings (SSSR count). The lowest BCUT2D eigenvalue weighted by Gasteiger charge is -2.19. The predicted molar refractivity (Wildman–Crippen MR) is 79.5 cm³/mol. The Hall–Kier alpha value is -1.75. The molecule has 0 unspecified atom stereocenters. The van der Waals surface area contributed by atoms with E-state index in [1.807, 2.05) is 42.3 Å². The highest BCUT2D eigenvalue weighted by Crippen LogP contribution is 2.33. The number of nitrogens with zero attached hydrogens (tertiary/aromatic N) is 2. The first kappa shape index (κ1) is 13.7. The molecule has 0 atom stereocenters. The van der Waals surface area contributed by atoms with Crippen molar-refractivity contribution in [3.63, 3.8) is 0 Å². The molecule has 100 valence electrons. The van der Waals surface area contributed by atoms with Gasteiger partial charge in [0.1, 0.15) is 5.82 Å². The predicted octanol–water partition coefficient (Wildman–Crippen LogP) is 3.63. The normalized spacial score (nSPS) is 10.1.